The summed E-state index contributed by atoms with van der Waals surface area (Å²) in [5.74, 6) is -0.00528. The predicted molar refractivity (Wildman–Crippen MR) is 95.6 cm³/mol. The third-order valence-electron chi connectivity index (χ3n) is 4.27. The van der Waals surface area contributed by atoms with Crippen molar-refractivity contribution in [3.8, 4) is 0 Å². The zero-order valence-electron chi connectivity index (χ0n) is 14.7. The van der Waals surface area contributed by atoms with E-state index in [-0.39, 0.29) is 18.0 Å². The quantitative estimate of drug-likeness (QED) is 0.880. The number of hydrogen-bond donors (Lipinski definition) is 1. The lowest BCUT2D eigenvalue weighted by Gasteiger charge is -2.32. The molecule has 0 aliphatic carbocycles. The zero-order valence-corrected chi connectivity index (χ0v) is 14.7. The van der Waals surface area contributed by atoms with E-state index in [0.29, 0.717) is 12.0 Å². The number of nitrogens with zero attached hydrogens (tertiary/aromatic N) is 1. The van der Waals surface area contributed by atoms with Crippen molar-refractivity contribution in [1.82, 2.24) is 4.90 Å². The third kappa shape index (κ3) is 3.40. The Kier molecular flexibility index (Phi) is 5.42. The van der Waals surface area contributed by atoms with E-state index in [1.165, 1.54) is 0 Å². The lowest BCUT2D eigenvalue weighted by atomic mass is 9.93. The average molecular weight is 313 g/mol. The van der Waals surface area contributed by atoms with Crippen LogP contribution < -0.4 is 0 Å². The predicted octanol–water partition coefficient (Wildman–Crippen LogP) is 4.54. The Morgan fingerprint density at radius 3 is 2.22 bits per heavy atom. The summed E-state index contributed by atoms with van der Waals surface area (Å²) in [6.45, 7) is 10.0. The van der Waals surface area contributed by atoms with E-state index < -0.39 is 6.10 Å². The lowest BCUT2D eigenvalue weighted by Crippen LogP contribution is -2.42. The first-order valence-electron chi connectivity index (χ1n) is 8.40. The molecule has 1 atom stereocenters. The molecule has 1 N–H and O–H groups in total. The van der Waals surface area contributed by atoms with Gasteiger partial charge in [0.15, 0.2) is 0 Å². The molecule has 0 radical (unpaired) electrons. The second-order valence-electron chi connectivity index (χ2n) is 6.57. The van der Waals surface area contributed by atoms with Crippen molar-refractivity contribution in [3.05, 3.63) is 47.5 Å². The molecule has 0 heterocycles. The van der Waals surface area contributed by atoms with Gasteiger partial charge in [-0.15, -0.1) is 0 Å². The van der Waals surface area contributed by atoms with Crippen molar-refractivity contribution in [1.29, 1.82) is 0 Å². The van der Waals surface area contributed by atoms with Gasteiger partial charge in [-0.1, -0.05) is 43.3 Å². The van der Waals surface area contributed by atoms with Crippen molar-refractivity contribution < 1.29 is 9.90 Å². The van der Waals surface area contributed by atoms with Crippen LogP contribution in [0.5, 0.6) is 0 Å². The van der Waals surface area contributed by atoms with Gasteiger partial charge in [-0.05, 0) is 50.5 Å². The summed E-state index contributed by atoms with van der Waals surface area (Å²) in [6.07, 6.45) is -0.0400. The van der Waals surface area contributed by atoms with Gasteiger partial charge < -0.3 is 10.0 Å². The number of aliphatic hydroxyl groups excluding tert-OH is 1. The molecule has 0 aliphatic rings. The molecule has 0 saturated heterocycles. The number of hydrogen-bond acceptors (Lipinski definition) is 2. The molecule has 2 aromatic carbocycles. The standard InChI is InChI=1S/C20H27NO2/c1-6-18(22)17-12-11-15-9-7-8-10-16(15)19(17)20(23)21(13(2)3)14(4)5/h7-14,18,22H,6H2,1-5H3/t18-/m1/s1. The Bertz CT molecular complexity index is 683. The van der Waals surface area contributed by atoms with E-state index in [1.807, 2.05) is 75.9 Å². The molecule has 1 amide bonds. The maximum Gasteiger partial charge on any atom is 0.255 e. The van der Waals surface area contributed by atoms with Crippen molar-refractivity contribution in [3.63, 3.8) is 0 Å². The number of carbonyl (C=O) groups excluding carboxylic acids is 1. The molecular weight excluding hydrogens is 286 g/mol. The largest absolute Gasteiger partial charge is 0.388 e. The van der Waals surface area contributed by atoms with E-state index in [4.69, 9.17) is 0 Å². The van der Waals surface area contributed by atoms with Crippen LogP contribution in [0.2, 0.25) is 0 Å². The molecule has 0 bridgehead atoms. The van der Waals surface area contributed by atoms with Gasteiger partial charge in [0.25, 0.3) is 5.91 Å². The van der Waals surface area contributed by atoms with E-state index in [2.05, 4.69) is 0 Å². The molecule has 2 aromatic rings. The molecule has 3 nitrogen and oxygen atoms in total. The number of amides is 1. The highest BCUT2D eigenvalue weighted by atomic mass is 16.3. The Hall–Kier alpha value is -1.87. The molecule has 3 heteroatoms. The fourth-order valence-corrected chi connectivity index (χ4v) is 3.22. The minimum atomic E-state index is -0.625. The van der Waals surface area contributed by atoms with Crippen LogP contribution >= 0.6 is 0 Å². The second kappa shape index (κ2) is 7.14. The Morgan fingerprint density at radius 2 is 1.65 bits per heavy atom. The summed E-state index contributed by atoms with van der Waals surface area (Å²) in [6, 6.07) is 12.0. The van der Waals surface area contributed by atoms with Crippen LogP contribution in [0.1, 0.15) is 63.1 Å². The molecule has 0 unspecified atom stereocenters. The third-order valence-corrected chi connectivity index (χ3v) is 4.27. The van der Waals surface area contributed by atoms with Crippen LogP contribution in [-0.2, 0) is 0 Å². The number of rotatable bonds is 5. The number of benzene rings is 2. The maximum atomic E-state index is 13.3. The van der Waals surface area contributed by atoms with Crippen LogP contribution in [0.4, 0.5) is 0 Å². The lowest BCUT2D eigenvalue weighted by molar-refractivity contribution is 0.0638. The molecular formula is C20H27NO2. The highest BCUT2D eigenvalue weighted by Crippen LogP contribution is 2.30. The Balaban J connectivity index is 2.71. The average Bonchev–Trinajstić information content (AvgIpc) is 2.52. The number of fused-ring (bicyclic) bond motifs is 1. The normalized spacial score (nSPS) is 12.9. The highest BCUT2D eigenvalue weighted by molar-refractivity contribution is 6.08. The van der Waals surface area contributed by atoms with E-state index in [1.54, 1.807) is 0 Å². The van der Waals surface area contributed by atoms with E-state index in [0.717, 1.165) is 16.3 Å². The first-order valence-corrected chi connectivity index (χ1v) is 8.40. The van der Waals surface area contributed by atoms with Crippen molar-refractivity contribution >= 4 is 16.7 Å². The van der Waals surface area contributed by atoms with Crippen LogP contribution in [-0.4, -0.2) is 28.0 Å². The SMILES string of the molecule is CC[C@@H](O)c1ccc2ccccc2c1C(=O)N(C(C)C)C(C)C. The van der Waals surface area contributed by atoms with E-state index >= 15 is 0 Å². The highest BCUT2D eigenvalue weighted by Gasteiger charge is 2.27. The summed E-state index contributed by atoms with van der Waals surface area (Å²) in [5.41, 5.74) is 1.36. The smallest absolute Gasteiger partial charge is 0.255 e. The van der Waals surface area contributed by atoms with Gasteiger partial charge in [0.1, 0.15) is 0 Å². The minimum absolute atomic E-state index is 0.00528. The molecule has 2 rings (SSSR count). The van der Waals surface area contributed by atoms with Gasteiger partial charge in [0.05, 0.1) is 11.7 Å². The summed E-state index contributed by atoms with van der Waals surface area (Å²) >= 11 is 0. The van der Waals surface area contributed by atoms with Crippen LogP contribution in [0.3, 0.4) is 0 Å². The summed E-state index contributed by atoms with van der Waals surface area (Å²) in [7, 11) is 0. The topological polar surface area (TPSA) is 40.5 Å². The van der Waals surface area contributed by atoms with Gasteiger partial charge in [0.2, 0.25) is 0 Å². The van der Waals surface area contributed by atoms with Gasteiger partial charge in [-0.2, -0.15) is 0 Å². The Morgan fingerprint density at radius 1 is 1.04 bits per heavy atom. The van der Waals surface area contributed by atoms with Crippen molar-refractivity contribution in [2.45, 2.75) is 59.2 Å². The Labute approximate surface area is 138 Å². The number of carbonyl (C=O) groups is 1. The van der Waals surface area contributed by atoms with Gasteiger partial charge in [-0.3, -0.25) is 4.79 Å². The summed E-state index contributed by atoms with van der Waals surface area (Å²) in [4.78, 5) is 15.2. The van der Waals surface area contributed by atoms with Crippen molar-refractivity contribution in [2.75, 3.05) is 0 Å². The summed E-state index contributed by atoms with van der Waals surface area (Å²) < 4.78 is 0. The van der Waals surface area contributed by atoms with Crippen LogP contribution in [0.15, 0.2) is 36.4 Å². The fraction of sp³-hybridized carbons (Fsp3) is 0.450. The molecule has 124 valence electrons. The molecule has 0 spiro atoms. The first kappa shape index (κ1) is 17.5. The van der Waals surface area contributed by atoms with Gasteiger partial charge in [0, 0.05) is 12.1 Å². The minimum Gasteiger partial charge on any atom is -0.388 e. The molecule has 23 heavy (non-hydrogen) atoms. The second-order valence-corrected chi connectivity index (χ2v) is 6.57. The monoisotopic (exact) mass is 313 g/mol. The van der Waals surface area contributed by atoms with Crippen molar-refractivity contribution in [2.24, 2.45) is 0 Å². The molecule has 0 saturated carbocycles. The number of aliphatic hydroxyl groups is 1. The molecule has 0 aromatic heterocycles. The maximum absolute atomic E-state index is 13.3. The van der Waals surface area contributed by atoms with Crippen LogP contribution in [0, 0.1) is 0 Å². The van der Waals surface area contributed by atoms with Crippen LogP contribution in [0.25, 0.3) is 10.8 Å². The van der Waals surface area contributed by atoms with E-state index in [9.17, 15) is 9.90 Å². The zero-order chi connectivity index (χ0) is 17.1. The fourth-order valence-electron chi connectivity index (χ4n) is 3.22. The first-order chi connectivity index (χ1) is 10.9. The van der Waals surface area contributed by atoms with Gasteiger partial charge >= 0.3 is 0 Å². The molecule has 0 aliphatic heterocycles. The summed E-state index contributed by atoms with van der Waals surface area (Å²) in [5, 5.41) is 12.3. The van der Waals surface area contributed by atoms with Gasteiger partial charge in [-0.25, -0.2) is 0 Å². The molecule has 0 fully saturated rings.